The fourth-order valence-corrected chi connectivity index (χ4v) is 1.53. The number of hydrogen-bond acceptors (Lipinski definition) is 6. The Kier molecular flexibility index (Phi) is 4.27. The lowest BCUT2D eigenvalue weighted by molar-refractivity contribution is 0.0600. The van der Waals surface area contributed by atoms with E-state index in [1.165, 1.54) is 18.0 Å². The van der Waals surface area contributed by atoms with E-state index in [-0.39, 0.29) is 5.95 Å². The first kappa shape index (κ1) is 14.2. The number of aromatic nitrogens is 3. The lowest BCUT2D eigenvalue weighted by atomic mass is 10.1. The second-order valence-corrected chi connectivity index (χ2v) is 3.91. The van der Waals surface area contributed by atoms with Crippen LogP contribution in [-0.4, -0.2) is 34.2 Å². The average Bonchev–Trinajstić information content (AvgIpc) is 2.86. The van der Waals surface area contributed by atoms with Crippen LogP contribution in [0.3, 0.4) is 0 Å². The van der Waals surface area contributed by atoms with Gasteiger partial charge in [0, 0.05) is 4.91 Å². The van der Waals surface area contributed by atoms with Crippen molar-refractivity contribution in [2.24, 2.45) is 10.2 Å². The van der Waals surface area contributed by atoms with Crippen LogP contribution < -0.4 is 0 Å². The molecule has 0 radical (unpaired) electrons. The summed E-state index contributed by atoms with van der Waals surface area (Å²) in [6.45, 7) is 1.68. The van der Waals surface area contributed by atoms with Crippen molar-refractivity contribution in [1.29, 1.82) is 0 Å². The molecule has 0 fully saturated rings. The molecule has 2 aromatic rings. The fraction of sp³-hybridized carbons (Fsp3) is 0.167. The van der Waals surface area contributed by atoms with E-state index in [1.54, 1.807) is 31.2 Å². The van der Waals surface area contributed by atoms with Gasteiger partial charge in [0.25, 0.3) is 0 Å². The predicted octanol–water partition coefficient (Wildman–Crippen LogP) is 2.20. The topological polar surface area (TPSA) is 118 Å². The Morgan fingerprint density at radius 1 is 1.38 bits per heavy atom. The van der Waals surface area contributed by atoms with Gasteiger partial charge in [0.1, 0.15) is 0 Å². The molecule has 21 heavy (non-hydrogen) atoms. The molecule has 0 aliphatic heterocycles. The lowest BCUT2D eigenvalue weighted by Crippen LogP contribution is -2.01. The Morgan fingerprint density at radius 3 is 2.71 bits per heavy atom. The number of azide groups is 1. The van der Waals surface area contributed by atoms with Crippen molar-refractivity contribution in [2.75, 3.05) is 7.11 Å². The number of carbonyl (C=O) groups is 1. The molecule has 0 amide bonds. The van der Waals surface area contributed by atoms with Crippen LogP contribution in [0.1, 0.15) is 21.7 Å². The third-order valence-electron chi connectivity index (χ3n) is 2.57. The van der Waals surface area contributed by atoms with Gasteiger partial charge in [-0.3, -0.25) is 0 Å². The van der Waals surface area contributed by atoms with Crippen molar-refractivity contribution in [3.63, 3.8) is 0 Å². The van der Waals surface area contributed by atoms with Crippen LogP contribution >= 0.6 is 0 Å². The van der Waals surface area contributed by atoms with E-state index in [0.29, 0.717) is 11.4 Å². The minimum absolute atomic E-state index is 0.0532. The van der Waals surface area contributed by atoms with E-state index in [2.05, 4.69) is 30.1 Å². The zero-order chi connectivity index (χ0) is 15.2. The molecule has 0 bridgehead atoms. The van der Waals surface area contributed by atoms with Gasteiger partial charge in [0.15, 0.2) is 5.82 Å². The number of rotatable bonds is 4. The van der Waals surface area contributed by atoms with Crippen LogP contribution in [-0.2, 0) is 4.74 Å². The van der Waals surface area contributed by atoms with E-state index in [1.807, 2.05) is 0 Å². The largest absolute Gasteiger partial charge is 0.465 e. The molecule has 0 spiro atoms. The number of hydrogen-bond donors (Lipinski definition) is 0. The van der Waals surface area contributed by atoms with E-state index < -0.39 is 5.97 Å². The van der Waals surface area contributed by atoms with Crippen LogP contribution in [0, 0.1) is 6.92 Å². The smallest absolute Gasteiger partial charge is 0.337 e. The highest BCUT2D eigenvalue weighted by Gasteiger charge is 2.06. The fourth-order valence-electron chi connectivity index (χ4n) is 1.53. The molecule has 0 unspecified atom stereocenters. The van der Waals surface area contributed by atoms with Crippen LogP contribution in [0.4, 0.5) is 5.95 Å². The zero-order valence-electron chi connectivity index (χ0n) is 11.3. The van der Waals surface area contributed by atoms with Crippen molar-refractivity contribution >= 4 is 18.1 Å². The number of nitrogens with zero attached hydrogens (tertiary/aromatic N) is 7. The maximum Gasteiger partial charge on any atom is 0.337 e. The SMILES string of the molecule is COC(=O)c1ccc(C=Nn2c(C)nnc2N=[N+]=[N-])cc1. The standard InChI is InChI=1S/C12H11N7O2/c1-8-15-16-12(17-18-13)19(8)14-7-9-3-5-10(6-4-9)11(20)21-2/h3-7H,1-2H3. The first-order valence-corrected chi connectivity index (χ1v) is 5.85. The Morgan fingerprint density at radius 2 is 2.10 bits per heavy atom. The molecule has 0 atom stereocenters. The van der Waals surface area contributed by atoms with Crippen molar-refractivity contribution in [2.45, 2.75) is 6.92 Å². The number of carbonyl (C=O) groups excluding carboxylic acids is 1. The van der Waals surface area contributed by atoms with Gasteiger partial charge in [-0.05, 0) is 35.3 Å². The average molecular weight is 285 g/mol. The Hall–Kier alpha value is -3.19. The van der Waals surface area contributed by atoms with Gasteiger partial charge in [-0.15, -0.1) is 10.2 Å². The minimum Gasteiger partial charge on any atom is -0.465 e. The molecule has 1 aromatic heterocycles. The van der Waals surface area contributed by atoms with E-state index >= 15 is 0 Å². The molecular formula is C12H11N7O2. The van der Waals surface area contributed by atoms with E-state index in [9.17, 15) is 4.79 Å². The van der Waals surface area contributed by atoms with Gasteiger partial charge in [0.2, 0.25) is 5.95 Å². The highest BCUT2D eigenvalue weighted by Crippen LogP contribution is 2.11. The quantitative estimate of drug-likeness (QED) is 0.281. The third-order valence-corrected chi connectivity index (χ3v) is 2.57. The van der Waals surface area contributed by atoms with E-state index in [0.717, 1.165) is 5.56 Å². The minimum atomic E-state index is -0.404. The molecule has 9 nitrogen and oxygen atoms in total. The summed E-state index contributed by atoms with van der Waals surface area (Å²) in [6.07, 6.45) is 1.54. The monoisotopic (exact) mass is 285 g/mol. The van der Waals surface area contributed by atoms with Crippen molar-refractivity contribution in [1.82, 2.24) is 14.9 Å². The van der Waals surface area contributed by atoms with Crippen LogP contribution in [0.25, 0.3) is 10.4 Å². The molecule has 2 rings (SSSR count). The summed E-state index contributed by atoms with van der Waals surface area (Å²) in [5.41, 5.74) is 9.63. The molecule has 0 saturated heterocycles. The Bertz CT molecular complexity index is 727. The molecule has 1 heterocycles. The highest BCUT2D eigenvalue weighted by atomic mass is 16.5. The Labute approximate surface area is 119 Å². The summed E-state index contributed by atoms with van der Waals surface area (Å²) < 4.78 is 5.93. The van der Waals surface area contributed by atoms with Gasteiger partial charge < -0.3 is 4.74 Å². The Balaban J connectivity index is 2.24. The maximum absolute atomic E-state index is 11.3. The third kappa shape index (κ3) is 3.23. The normalized spacial score (nSPS) is 10.4. The molecule has 0 N–H and O–H groups in total. The predicted molar refractivity (Wildman–Crippen MR) is 74.3 cm³/mol. The van der Waals surface area contributed by atoms with Gasteiger partial charge >= 0.3 is 5.97 Å². The van der Waals surface area contributed by atoms with Crippen LogP contribution in [0.5, 0.6) is 0 Å². The van der Waals surface area contributed by atoms with Crippen molar-refractivity contribution < 1.29 is 9.53 Å². The van der Waals surface area contributed by atoms with E-state index in [4.69, 9.17) is 5.53 Å². The highest BCUT2D eigenvalue weighted by molar-refractivity contribution is 5.90. The number of aryl methyl sites for hydroxylation is 1. The first-order chi connectivity index (χ1) is 10.2. The second kappa shape index (κ2) is 6.31. The van der Waals surface area contributed by atoms with Gasteiger partial charge in [-0.25, -0.2) is 4.79 Å². The number of methoxy groups -OCH3 is 1. The molecule has 0 aliphatic carbocycles. The molecule has 0 saturated carbocycles. The number of esters is 1. The molecule has 1 aromatic carbocycles. The summed E-state index contributed by atoms with van der Waals surface area (Å²) in [4.78, 5) is 14.0. The second-order valence-electron chi connectivity index (χ2n) is 3.91. The molecule has 9 heteroatoms. The summed E-state index contributed by atoms with van der Waals surface area (Å²) in [6, 6.07) is 6.67. The van der Waals surface area contributed by atoms with Gasteiger partial charge in [-0.2, -0.15) is 9.78 Å². The molecule has 106 valence electrons. The van der Waals surface area contributed by atoms with Crippen LogP contribution in [0.2, 0.25) is 0 Å². The number of ether oxygens (including phenoxy) is 1. The number of benzene rings is 1. The first-order valence-electron chi connectivity index (χ1n) is 5.85. The summed E-state index contributed by atoms with van der Waals surface area (Å²) in [5, 5.41) is 15.0. The summed E-state index contributed by atoms with van der Waals surface area (Å²) in [7, 11) is 1.32. The molecular weight excluding hydrogens is 274 g/mol. The lowest BCUT2D eigenvalue weighted by Gasteiger charge is -2.00. The summed E-state index contributed by atoms with van der Waals surface area (Å²) >= 11 is 0. The summed E-state index contributed by atoms with van der Waals surface area (Å²) in [5.74, 6) is 0.135. The van der Waals surface area contributed by atoms with Gasteiger partial charge in [0.05, 0.1) is 18.9 Å². The maximum atomic E-state index is 11.3. The van der Waals surface area contributed by atoms with Crippen molar-refractivity contribution in [3.05, 3.63) is 51.7 Å². The van der Waals surface area contributed by atoms with Crippen molar-refractivity contribution in [3.8, 4) is 0 Å². The van der Waals surface area contributed by atoms with Crippen LogP contribution in [0.15, 0.2) is 34.5 Å². The molecule has 0 aliphatic rings. The zero-order valence-corrected chi connectivity index (χ0v) is 11.3. The van der Waals surface area contributed by atoms with Gasteiger partial charge in [-0.1, -0.05) is 12.1 Å².